The lowest BCUT2D eigenvalue weighted by Gasteiger charge is -2.27. The lowest BCUT2D eigenvalue weighted by Crippen LogP contribution is -2.39. The first kappa shape index (κ1) is 14.1. The van der Waals surface area contributed by atoms with Gasteiger partial charge < -0.3 is 9.73 Å². The van der Waals surface area contributed by atoms with Gasteiger partial charge in [-0.3, -0.25) is 4.90 Å². The van der Waals surface area contributed by atoms with E-state index in [1.54, 1.807) is 6.26 Å². The maximum atomic E-state index is 11.5. The molecule has 2 aliphatic heterocycles. The van der Waals surface area contributed by atoms with Crippen molar-refractivity contribution < 1.29 is 12.8 Å². The number of rotatable bonds is 5. The molecule has 2 unspecified atom stereocenters. The van der Waals surface area contributed by atoms with Crippen LogP contribution in [0.4, 0.5) is 0 Å². The summed E-state index contributed by atoms with van der Waals surface area (Å²) < 4.78 is 28.6. The van der Waals surface area contributed by atoms with Gasteiger partial charge in [-0.1, -0.05) is 0 Å². The summed E-state index contributed by atoms with van der Waals surface area (Å²) in [4.78, 5) is 2.43. The topological polar surface area (TPSA) is 62.6 Å². The largest absolute Gasteiger partial charge is 0.468 e. The summed E-state index contributed by atoms with van der Waals surface area (Å²) in [6.45, 7) is 2.94. The number of nitrogens with one attached hydrogen (secondary N) is 1. The first-order valence-corrected chi connectivity index (χ1v) is 9.17. The number of nitrogens with zero attached hydrogens (tertiary/aromatic N) is 1. The van der Waals surface area contributed by atoms with E-state index in [9.17, 15) is 8.42 Å². The van der Waals surface area contributed by atoms with E-state index in [0.29, 0.717) is 5.75 Å². The Kier molecular flexibility index (Phi) is 4.14. The third kappa shape index (κ3) is 3.24. The minimum absolute atomic E-state index is 0.0973. The lowest BCUT2D eigenvalue weighted by molar-refractivity contribution is 0.206. The van der Waals surface area contributed by atoms with Crippen LogP contribution in [0.1, 0.15) is 31.1 Å². The van der Waals surface area contributed by atoms with Crippen LogP contribution in [0.3, 0.4) is 0 Å². The van der Waals surface area contributed by atoms with Crippen molar-refractivity contribution in [2.75, 3.05) is 31.1 Å². The van der Waals surface area contributed by atoms with Crippen LogP contribution in [-0.4, -0.2) is 50.5 Å². The van der Waals surface area contributed by atoms with Crippen LogP contribution in [0.5, 0.6) is 0 Å². The number of likely N-dealkylation sites (tertiary alicyclic amines) is 1. The van der Waals surface area contributed by atoms with E-state index in [-0.39, 0.29) is 17.8 Å². The molecule has 1 aromatic rings. The molecule has 2 aliphatic rings. The summed E-state index contributed by atoms with van der Waals surface area (Å²) in [5.41, 5.74) is 0. The van der Waals surface area contributed by atoms with Crippen molar-refractivity contribution in [3.63, 3.8) is 0 Å². The zero-order valence-corrected chi connectivity index (χ0v) is 12.4. The van der Waals surface area contributed by atoms with E-state index in [1.807, 2.05) is 12.1 Å². The first-order chi connectivity index (χ1) is 9.64. The Bertz CT molecular complexity index is 521. The maximum Gasteiger partial charge on any atom is 0.151 e. The van der Waals surface area contributed by atoms with Crippen molar-refractivity contribution in [2.24, 2.45) is 0 Å². The van der Waals surface area contributed by atoms with Gasteiger partial charge in [0.1, 0.15) is 5.76 Å². The van der Waals surface area contributed by atoms with E-state index < -0.39 is 9.84 Å². The molecule has 2 saturated heterocycles. The van der Waals surface area contributed by atoms with Crippen LogP contribution < -0.4 is 5.32 Å². The average Bonchev–Trinajstić information content (AvgIpc) is 3.12. The minimum atomic E-state index is -2.82. The molecule has 1 aromatic heterocycles. The molecular formula is C14H22N2O3S. The Morgan fingerprint density at radius 2 is 2.20 bits per heavy atom. The van der Waals surface area contributed by atoms with E-state index in [1.165, 1.54) is 12.8 Å². The van der Waals surface area contributed by atoms with Crippen molar-refractivity contribution in [1.82, 2.24) is 10.2 Å². The van der Waals surface area contributed by atoms with Gasteiger partial charge >= 0.3 is 0 Å². The minimum Gasteiger partial charge on any atom is -0.468 e. The van der Waals surface area contributed by atoms with Crippen molar-refractivity contribution in [1.29, 1.82) is 0 Å². The predicted molar refractivity (Wildman–Crippen MR) is 77.3 cm³/mol. The van der Waals surface area contributed by atoms with Crippen LogP contribution >= 0.6 is 0 Å². The van der Waals surface area contributed by atoms with Gasteiger partial charge in [-0.25, -0.2) is 8.42 Å². The van der Waals surface area contributed by atoms with Crippen LogP contribution in [-0.2, 0) is 9.84 Å². The van der Waals surface area contributed by atoms with Crippen molar-refractivity contribution in [3.8, 4) is 0 Å². The Morgan fingerprint density at radius 3 is 2.80 bits per heavy atom. The highest BCUT2D eigenvalue weighted by Gasteiger charge is 2.30. The van der Waals surface area contributed by atoms with Gasteiger partial charge in [0.25, 0.3) is 0 Å². The monoisotopic (exact) mass is 298 g/mol. The standard InChI is InChI=1S/C14H22N2O3S/c17-20(18)9-5-12(11-20)15-10-13(14-4-3-8-19-14)16-6-1-2-7-16/h3-4,8,12-13,15H,1-2,5-7,9-11H2. The zero-order valence-electron chi connectivity index (χ0n) is 11.6. The molecule has 20 heavy (non-hydrogen) atoms. The molecule has 2 atom stereocenters. The highest BCUT2D eigenvalue weighted by atomic mass is 32.2. The molecule has 0 aromatic carbocycles. The van der Waals surface area contributed by atoms with Gasteiger partial charge in [0.2, 0.25) is 0 Å². The number of hydrogen-bond donors (Lipinski definition) is 1. The number of furan rings is 1. The van der Waals surface area contributed by atoms with Crippen LogP contribution in [0.25, 0.3) is 0 Å². The molecule has 2 fully saturated rings. The second kappa shape index (κ2) is 5.87. The van der Waals surface area contributed by atoms with Crippen LogP contribution in [0.15, 0.2) is 22.8 Å². The maximum absolute atomic E-state index is 11.5. The molecule has 0 saturated carbocycles. The zero-order chi connectivity index (χ0) is 14.0. The quantitative estimate of drug-likeness (QED) is 0.885. The van der Waals surface area contributed by atoms with Crippen molar-refractivity contribution in [3.05, 3.63) is 24.2 Å². The molecule has 5 nitrogen and oxygen atoms in total. The summed E-state index contributed by atoms with van der Waals surface area (Å²) in [7, 11) is -2.82. The summed E-state index contributed by atoms with van der Waals surface area (Å²) in [6, 6.07) is 4.24. The Balaban J connectivity index is 1.62. The molecule has 0 amide bonds. The fraction of sp³-hybridized carbons (Fsp3) is 0.714. The second-order valence-corrected chi connectivity index (χ2v) is 8.01. The molecule has 3 rings (SSSR count). The summed E-state index contributed by atoms with van der Waals surface area (Å²) >= 11 is 0. The van der Waals surface area contributed by atoms with Gasteiger partial charge in [0, 0.05) is 12.6 Å². The molecule has 112 valence electrons. The number of sulfone groups is 1. The first-order valence-electron chi connectivity index (χ1n) is 7.35. The molecule has 0 bridgehead atoms. The highest BCUT2D eigenvalue weighted by molar-refractivity contribution is 7.91. The fourth-order valence-corrected chi connectivity index (χ4v) is 4.89. The molecule has 0 aliphatic carbocycles. The third-order valence-corrected chi connectivity index (χ3v) is 6.05. The second-order valence-electron chi connectivity index (χ2n) is 5.78. The predicted octanol–water partition coefficient (Wildman–Crippen LogP) is 1.19. The smallest absolute Gasteiger partial charge is 0.151 e. The van der Waals surface area contributed by atoms with E-state index >= 15 is 0 Å². The van der Waals surface area contributed by atoms with Gasteiger partial charge in [-0.2, -0.15) is 0 Å². The van der Waals surface area contributed by atoms with Crippen molar-refractivity contribution >= 4 is 9.84 Å². The van der Waals surface area contributed by atoms with E-state index in [2.05, 4.69) is 10.2 Å². The Morgan fingerprint density at radius 1 is 1.40 bits per heavy atom. The van der Waals surface area contributed by atoms with Crippen LogP contribution in [0, 0.1) is 0 Å². The molecule has 3 heterocycles. The summed E-state index contributed by atoms with van der Waals surface area (Å²) in [5, 5.41) is 3.42. The molecule has 0 radical (unpaired) electrons. The molecule has 6 heteroatoms. The fourth-order valence-electron chi connectivity index (χ4n) is 3.18. The molecule has 0 spiro atoms. The molecule has 1 N–H and O–H groups in total. The van der Waals surface area contributed by atoms with E-state index in [0.717, 1.165) is 31.8 Å². The third-order valence-electron chi connectivity index (χ3n) is 4.29. The van der Waals surface area contributed by atoms with Gasteiger partial charge in [0.05, 0.1) is 23.8 Å². The number of hydrogen-bond acceptors (Lipinski definition) is 5. The van der Waals surface area contributed by atoms with Gasteiger partial charge in [-0.15, -0.1) is 0 Å². The normalized spacial score (nSPS) is 27.9. The average molecular weight is 298 g/mol. The highest BCUT2D eigenvalue weighted by Crippen LogP contribution is 2.25. The summed E-state index contributed by atoms with van der Waals surface area (Å²) in [5.74, 6) is 1.57. The lowest BCUT2D eigenvalue weighted by atomic mass is 10.1. The molecular weight excluding hydrogens is 276 g/mol. The van der Waals surface area contributed by atoms with Gasteiger partial charge in [-0.05, 0) is 44.5 Å². The Hall–Kier alpha value is -0.850. The SMILES string of the molecule is O=S1(=O)CCC(NCC(c2ccco2)N2CCCC2)C1. The summed E-state index contributed by atoms with van der Waals surface area (Å²) in [6.07, 6.45) is 4.90. The van der Waals surface area contributed by atoms with Gasteiger partial charge in [0.15, 0.2) is 9.84 Å². The van der Waals surface area contributed by atoms with E-state index in [4.69, 9.17) is 4.42 Å². The Labute approximate surface area is 120 Å². The van der Waals surface area contributed by atoms with Crippen LogP contribution in [0.2, 0.25) is 0 Å². The van der Waals surface area contributed by atoms with Crippen molar-refractivity contribution in [2.45, 2.75) is 31.3 Å².